The molecule has 4 aliphatic carbocycles. The van der Waals surface area contributed by atoms with Gasteiger partial charge in [-0.2, -0.15) is 107 Å². The van der Waals surface area contributed by atoms with Crippen molar-refractivity contribution in [3.05, 3.63) is 287 Å². The van der Waals surface area contributed by atoms with Crippen molar-refractivity contribution in [2.75, 3.05) is 0 Å². The van der Waals surface area contributed by atoms with E-state index in [1.807, 2.05) is 133 Å². The summed E-state index contributed by atoms with van der Waals surface area (Å²) in [4.78, 5) is 0. The zero-order valence-corrected chi connectivity index (χ0v) is 42.3. The summed E-state index contributed by atoms with van der Waals surface area (Å²) in [5.41, 5.74) is 12.4. The van der Waals surface area contributed by atoms with E-state index in [0.29, 0.717) is 11.1 Å². The number of benzene rings is 6. The van der Waals surface area contributed by atoms with E-state index < -0.39 is 0 Å². The maximum absolute atomic E-state index is 14.8. The minimum Gasteiger partial charge on any atom is -0.184 e. The average molecular weight is 1000 g/mol. The third-order valence-corrected chi connectivity index (χ3v) is 11.1. The van der Waals surface area contributed by atoms with Gasteiger partial charge in [-0.05, 0) is 71.9 Å². The zero-order chi connectivity index (χ0) is 44.9. The fourth-order valence-electron chi connectivity index (χ4n) is 7.85. The van der Waals surface area contributed by atoms with Crippen LogP contribution in [0.5, 0.6) is 0 Å². The first-order valence-corrected chi connectivity index (χ1v) is 25.9. The molecular weight excluding hydrogens is 949 g/mol. The molecule has 2 radical (unpaired) electrons. The second kappa shape index (κ2) is 28.7. The van der Waals surface area contributed by atoms with E-state index in [4.69, 9.17) is 0 Å². The van der Waals surface area contributed by atoms with Crippen LogP contribution in [0.4, 0.5) is 8.78 Å². The summed E-state index contributed by atoms with van der Waals surface area (Å²) in [6, 6.07) is 55.8. The quantitative estimate of drug-likeness (QED) is 0.115. The molecule has 0 heterocycles. The van der Waals surface area contributed by atoms with Gasteiger partial charge < -0.3 is 0 Å². The normalized spacial score (nSPS) is 15.9. The Bertz CT molecular complexity index is 2440. The molecule has 0 nitrogen and oxygen atoms in total. The minimum atomic E-state index is -0.159. The van der Waals surface area contributed by atoms with Gasteiger partial charge in [0.25, 0.3) is 0 Å². The van der Waals surface area contributed by atoms with Gasteiger partial charge in [-0.3, -0.25) is 0 Å². The van der Waals surface area contributed by atoms with Gasteiger partial charge in [-0.25, -0.2) is 8.78 Å². The van der Waals surface area contributed by atoms with Crippen molar-refractivity contribution in [3.8, 4) is 22.3 Å². The number of hydrogen-bond donors (Lipinski definition) is 0. The first-order valence-electron chi connectivity index (χ1n) is 21.7. The summed E-state index contributed by atoms with van der Waals surface area (Å²) in [6.07, 6.45) is 27.8. The molecular formula is C60H52Cl2F2SiZr-4. The summed E-state index contributed by atoms with van der Waals surface area (Å²) in [6.45, 7) is 7.35. The number of rotatable bonds is 6. The molecule has 6 aromatic carbocycles. The van der Waals surface area contributed by atoms with Crippen molar-refractivity contribution < 1.29 is 32.1 Å². The molecule has 10 rings (SSSR count). The summed E-state index contributed by atoms with van der Waals surface area (Å²) in [5.74, 6) is 0.0455. The Morgan fingerprint density at radius 2 is 0.879 bits per heavy atom. The zero-order valence-electron chi connectivity index (χ0n) is 37.2. The van der Waals surface area contributed by atoms with E-state index in [1.54, 1.807) is 12.1 Å². The van der Waals surface area contributed by atoms with Crippen LogP contribution in [0.2, 0.25) is 0 Å². The molecule has 0 aromatic heterocycles. The second-order valence-electron chi connectivity index (χ2n) is 15.2. The standard InChI is InChI=1S/2C24H20F.2C6H5.2ClH.Si.Zr/c2*1-2-17-14-19-10-6-7-11-21(23(19)15-17)20-12-13-22(24(25)16-20)18-8-4-3-5-9-18;2*1-2-4-6-5-3-1;;;;/h2*3-10,12-13,15-16,21H,2,11H2,1H3;2*1-5H;2*1H;;/q4*-1;;;;. The monoisotopic (exact) mass is 998 g/mol. The van der Waals surface area contributed by atoms with Crippen LogP contribution in [0.3, 0.4) is 0 Å². The second-order valence-corrected chi connectivity index (χ2v) is 15.2. The van der Waals surface area contributed by atoms with E-state index >= 15 is 0 Å². The molecule has 0 bridgehead atoms. The Labute approximate surface area is 421 Å². The van der Waals surface area contributed by atoms with Gasteiger partial charge >= 0.3 is 30.2 Å². The molecule has 0 saturated carbocycles. The van der Waals surface area contributed by atoms with Crippen molar-refractivity contribution in [1.29, 1.82) is 0 Å². The SMILES string of the molecule is CCC1=[C-]C2=CC=CCC(c3ccc(-c4ccccc4)c(F)c3)C2=C1.CCC1=[C-]C2=CC=CCC(c3ccc(-c4ccccc4)c(F)c3)C2=C1.Cl.Cl.[Si]=[Zr].[c-]1ccccc1.[c-]1ccccc1. The minimum absolute atomic E-state index is 0. The van der Waals surface area contributed by atoms with Crippen molar-refractivity contribution >= 4 is 31.7 Å². The number of halogens is 4. The molecule has 4 aliphatic rings. The molecule has 6 heteroatoms. The number of allylic oxidation sites excluding steroid dienone is 16. The molecule has 0 fully saturated rings. The van der Waals surface area contributed by atoms with Crippen LogP contribution >= 0.6 is 24.8 Å². The average Bonchev–Trinajstić information content (AvgIpc) is 3.85. The molecule has 0 spiro atoms. The molecule has 2 atom stereocenters. The van der Waals surface area contributed by atoms with Crippen LogP contribution in [0, 0.1) is 35.9 Å². The van der Waals surface area contributed by atoms with Crippen LogP contribution in [0.1, 0.15) is 62.5 Å². The molecule has 0 N–H and O–H groups in total. The molecule has 0 saturated heterocycles. The first-order chi connectivity index (χ1) is 31.5. The summed E-state index contributed by atoms with van der Waals surface area (Å²) in [5, 5.41) is 0. The summed E-state index contributed by atoms with van der Waals surface area (Å²) < 4.78 is 29.6. The Kier molecular flexibility index (Phi) is 23.2. The largest absolute Gasteiger partial charge is 0.184 e. The van der Waals surface area contributed by atoms with Crippen molar-refractivity contribution in [2.24, 2.45) is 0 Å². The molecule has 66 heavy (non-hydrogen) atoms. The number of fused-ring (bicyclic) bond motifs is 2. The molecule has 6 aromatic rings. The van der Waals surface area contributed by atoms with Crippen LogP contribution in [-0.2, 0) is 23.3 Å². The van der Waals surface area contributed by atoms with Gasteiger partial charge in [-0.1, -0.05) is 111 Å². The first kappa shape index (κ1) is 53.4. The van der Waals surface area contributed by atoms with Crippen LogP contribution < -0.4 is 0 Å². The van der Waals surface area contributed by atoms with Crippen molar-refractivity contribution in [3.63, 3.8) is 0 Å². The predicted octanol–water partition coefficient (Wildman–Crippen LogP) is 16.5. The molecule has 332 valence electrons. The third-order valence-electron chi connectivity index (χ3n) is 11.1. The van der Waals surface area contributed by atoms with E-state index in [1.165, 1.54) is 45.6 Å². The van der Waals surface area contributed by atoms with E-state index in [2.05, 4.69) is 106 Å². The van der Waals surface area contributed by atoms with Crippen LogP contribution in [-0.4, -0.2) is 6.88 Å². The number of hydrogen-bond acceptors (Lipinski definition) is 0. The van der Waals surface area contributed by atoms with E-state index in [-0.39, 0.29) is 48.3 Å². The summed E-state index contributed by atoms with van der Waals surface area (Å²) >= 11 is 1.36. The molecule has 2 unspecified atom stereocenters. The van der Waals surface area contributed by atoms with Crippen molar-refractivity contribution in [1.82, 2.24) is 0 Å². The van der Waals surface area contributed by atoms with Crippen LogP contribution in [0.15, 0.2) is 240 Å². The molecule has 0 aliphatic heterocycles. The van der Waals surface area contributed by atoms with Crippen LogP contribution in [0.25, 0.3) is 22.3 Å². The maximum atomic E-state index is 14.8. The van der Waals surface area contributed by atoms with Gasteiger partial charge in [0.1, 0.15) is 11.6 Å². The fraction of sp³-hybridized carbons (Fsp3) is 0.133. The van der Waals surface area contributed by atoms with E-state index in [9.17, 15) is 8.78 Å². The van der Waals surface area contributed by atoms with Gasteiger partial charge in [0, 0.05) is 11.1 Å². The smallest absolute Gasteiger partial charge is 0.171 e. The maximum Gasteiger partial charge on any atom is -0.171 e. The van der Waals surface area contributed by atoms with Gasteiger partial charge in [0.15, 0.2) is 0 Å². The topological polar surface area (TPSA) is 0 Å². The third kappa shape index (κ3) is 14.9. The Morgan fingerprint density at radius 1 is 0.515 bits per heavy atom. The van der Waals surface area contributed by atoms with Crippen molar-refractivity contribution in [2.45, 2.75) is 51.4 Å². The predicted molar refractivity (Wildman–Crippen MR) is 274 cm³/mol. The fourth-order valence-corrected chi connectivity index (χ4v) is 7.85. The Morgan fingerprint density at radius 3 is 1.18 bits per heavy atom. The van der Waals surface area contributed by atoms with Gasteiger partial charge in [0.2, 0.25) is 0 Å². The summed E-state index contributed by atoms with van der Waals surface area (Å²) in [7, 11) is 0. The molecule has 0 amide bonds. The Balaban J connectivity index is 0.000000218. The van der Waals surface area contributed by atoms with Gasteiger partial charge in [-0.15, -0.1) is 72.4 Å². The van der Waals surface area contributed by atoms with E-state index in [0.717, 1.165) is 59.1 Å². The van der Waals surface area contributed by atoms with Gasteiger partial charge in [0.05, 0.1) is 0 Å². The Hall–Kier alpha value is -5.22.